The van der Waals surface area contributed by atoms with Crippen LogP contribution in [0.1, 0.15) is 0 Å². The Balaban J connectivity index is 3.52. The molecule has 34 valence electrons. The Morgan fingerprint density at radius 3 is 2.33 bits per heavy atom. The average molecular weight is 86.1 g/mol. The summed E-state index contributed by atoms with van der Waals surface area (Å²) < 4.78 is 0. The summed E-state index contributed by atoms with van der Waals surface area (Å²) in [6.45, 7) is 0.101. The van der Waals surface area contributed by atoms with E-state index in [9.17, 15) is 4.79 Å². The zero-order valence-corrected chi connectivity index (χ0v) is 3.27. The summed E-state index contributed by atoms with van der Waals surface area (Å²) in [5.74, 6) is 1.43. The number of hydrogen-bond donors (Lipinski definition) is 2. The van der Waals surface area contributed by atoms with Gasteiger partial charge in [0.15, 0.2) is 0 Å². The Morgan fingerprint density at radius 1 is 1.83 bits per heavy atom. The molecular weight excluding hydrogens is 80.0 g/mol. The fraction of sp³-hybridized carbons (Fsp3) is 0.333. The monoisotopic (exact) mass is 86.0 g/mol. The van der Waals surface area contributed by atoms with Crippen molar-refractivity contribution in [1.29, 1.82) is 0 Å². The third-order valence-corrected chi connectivity index (χ3v) is 0.351. The molecule has 0 aliphatic rings. The van der Waals surface area contributed by atoms with E-state index >= 15 is 0 Å². The molecule has 6 heavy (non-hydrogen) atoms. The average Bonchev–Trinajstić information content (AvgIpc) is 1.65. The summed E-state index contributed by atoms with van der Waals surface area (Å²) >= 11 is 0. The molecule has 0 aliphatic carbocycles. The molecule has 0 atom stereocenters. The van der Waals surface area contributed by atoms with E-state index in [1.54, 1.807) is 0 Å². The van der Waals surface area contributed by atoms with Crippen LogP contribution in [0.5, 0.6) is 0 Å². The van der Waals surface area contributed by atoms with Crippen LogP contribution in [-0.4, -0.2) is 12.5 Å². The van der Waals surface area contributed by atoms with Crippen molar-refractivity contribution in [2.45, 2.75) is 0 Å². The number of hydrogen-bond acceptors (Lipinski definition) is 3. The van der Waals surface area contributed by atoms with Gasteiger partial charge in [0.1, 0.15) is 11.6 Å². The molecule has 0 fully saturated rings. The van der Waals surface area contributed by atoms with Gasteiger partial charge in [-0.05, 0) is 0 Å². The number of nitrogens with two attached hydrogens (primary N) is 2. The van der Waals surface area contributed by atoms with Crippen molar-refractivity contribution in [3.05, 3.63) is 5.70 Å². The van der Waals surface area contributed by atoms with E-state index in [0.29, 0.717) is 0 Å². The predicted octanol–water partition coefficient (Wildman–Crippen LogP) is -1.38. The van der Waals surface area contributed by atoms with Crippen LogP contribution in [0.15, 0.2) is 5.70 Å². The first-order chi connectivity index (χ1) is 2.81. The van der Waals surface area contributed by atoms with Gasteiger partial charge in [-0.3, -0.25) is 0 Å². The third kappa shape index (κ3) is 1.52. The first-order valence-electron chi connectivity index (χ1n) is 1.50. The molecule has 0 aliphatic heterocycles. The minimum absolute atomic E-state index is 0.0648. The smallest absolute Gasteiger partial charge is 0.146 e. The maximum absolute atomic E-state index is 9.37. The maximum Gasteiger partial charge on any atom is 0.146 e. The minimum Gasteiger partial charge on any atom is -0.392 e. The summed E-state index contributed by atoms with van der Waals surface area (Å²) in [5, 5.41) is 0. The molecule has 0 spiro atoms. The molecule has 0 bridgehead atoms. The Hall–Kier alpha value is -0.790. The second-order valence-electron chi connectivity index (χ2n) is 0.831. The van der Waals surface area contributed by atoms with Crippen LogP contribution in [0.2, 0.25) is 0 Å². The van der Waals surface area contributed by atoms with Crippen LogP contribution < -0.4 is 11.5 Å². The highest BCUT2D eigenvalue weighted by atomic mass is 16.1. The fourth-order valence-electron chi connectivity index (χ4n) is 0.0417. The van der Waals surface area contributed by atoms with Crippen LogP contribution in [0.3, 0.4) is 0 Å². The van der Waals surface area contributed by atoms with Gasteiger partial charge in [-0.25, -0.2) is 4.79 Å². The van der Waals surface area contributed by atoms with Crippen molar-refractivity contribution < 1.29 is 4.79 Å². The molecule has 0 saturated heterocycles. The topological polar surface area (TPSA) is 69.1 Å². The van der Waals surface area contributed by atoms with Crippen LogP contribution in [0.4, 0.5) is 0 Å². The minimum atomic E-state index is 0.0648. The summed E-state index contributed by atoms with van der Waals surface area (Å²) in [6.07, 6.45) is 0. The van der Waals surface area contributed by atoms with E-state index < -0.39 is 0 Å². The molecule has 4 N–H and O–H groups in total. The number of rotatable bonds is 1. The van der Waals surface area contributed by atoms with Crippen LogP contribution in [0.25, 0.3) is 0 Å². The molecule has 0 unspecified atom stereocenters. The zero-order chi connectivity index (χ0) is 4.99. The lowest BCUT2D eigenvalue weighted by atomic mass is 10.5. The van der Waals surface area contributed by atoms with Gasteiger partial charge in [-0.1, -0.05) is 0 Å². The summed E-state index contributed by atoms with van der Waals surface area (Å²) in [7, 11) is 0. The first-order valence-corrected chi connectivity index (χ1v) is 1.50. The normalized spacial score (nSPS) is 6.83. The lowest BCUT2D eigenvalue weighted by Crippen LogP contribution is -2.10. The third-order valence-electron chi connectivity index (χ3n) is 0.351. The van der Waals surface area contributed by atoms with E-state index in [4.69, 9.17) is 11.5 Å². The van der Waals surface area contributed by atoms with Gasteiger partial charge in [0.25, 0.3) is 0 Å². The highest BCUT2D eigenvalue weighted by Crippen LogP contribution is 1.58. The molecule has 0 amide bonds. The molecule has 0 heterocycles. The van der Waals surface area contributed by atoms with Gasteiger partial charge in [-0.15, -0.1) is 0 Å². The molecule has 3 heteroatoms. The maximum atomic E-state index is 9.37. The highest BCUT2D eigenvalue weighted by Gasteiger charge is 1.76. The molecule has 3 nitrogen and oxygen atoms in total. The Bertz CT molecular complexity index is 82.8. The van der Waals surface area contributed by atoms with Gasteiger partial charge in [0, 0.05) is 6.54 Å². The first kappa shape index (κ1) is 5.21. The Morgan fingerprint density at radius 2 is 2.33 bits per heavy atom. The van der Waals surface area contributed by atoms with Crippen molar-refractivity contribution in [2.75, 3.05) is 6.54 Å². The van der Waals surface area contributed by atoms with Gasteiger partial charge in [0.2, 0.25) is 0 Å². The molecular formula is C3H6N2O. The van der Waals surface area contributed by atoms with Crippen molar-refractivity contribution in [2.24, 2.45) is 11.5 Å². The summed E-state index contributed by atoms with van der Waals surface area (Å²) in [4.78, 5) is 9.37. The molecule has 0 rings (SSSR count). The molecule has 0 aromatic rings. The summed E-state index contributed by atoms with van der Waals surface area (Å²) in [5.41, 5.74) is 9.76. The Labute approximate surface area is 35.6 Å². The quantitative estimate of drug-likeness (QED) is 0.386. The van der Waals surface area contributed by atoms with Crippen LogP contribution >= 0.6 is 0 Å². The lowest BCUT2D eigenvalue weighted by molar-refractivity contribution is 0.566. The number of carbonyl (C=O) groups excluding carboxylic acids is 1. The highest BCUT2D eigenvalue weighted by molar-refractivity contribution is 5.50. The largest absolute Gasteiger partial charge is 0.392 e. The predicted molar refractivity (Wildman–Crippen MR) is 22.4 cm³/mol. The fourth-order valence-corrected chi connectivity index (χ4v) is 0.0417. The SMILES string of the molecule is NCC(N)=C=O. The van der Waals surface area contributed by atoms with Crippen molar-refractivity contribution in [1.82, 2.24) is 0 Å². The standard InChI is InChI=1S/C3H6N2O/c4-1-3(5)2-6/h1,4-5H2. The van der Waals surface area contributed by atoms with Gasteiger partial charge >= 0.3 is 0 Å². The molecule has 0 saturated carbocycles. The van der Waals surface area contributed by atoms with Crippen molar-refractivity contribution >= 4 is 5.94 Å². The second-order valence-corrected chi connectivity index (χ2v) is 0.831. The van der Waals surface area contributed by atoms with Crippen molar-refractivity contribution in [3.63, 3.8) is 0 Å². The Kier molecular flexibility index (Phi) is 2.13. The van der Waals surface area contributed by atoms with E-state index in [0.717, 1.165) is 0 Å². The van der Waals surface area contributed by atoms with E-state index in [1.807, 2.05) is 0 Å². The molecule has 0 aromatic carbocycles. The van der Waals surface area contributed by atoms with E-state index in [2.05, 4.69) is 0 Å². The zero-order valence-electron chi connectivity index (χ0n) is 3.27. The summed E-state index contributed by atoms with van der Waals surface area (Å²) in [6, 6.07) is 0. The van der Waals surface area contributed by atoms with Gasteiger partial charge < -0.3 is 11.5 Å². The van der Waals surface area contributed by atoms with Crippen molar-refractivity contribution in [3.8, 4) is 0 Å². The second kappa shape index (κ2) is 2.45. The van der Waals surface area contributed by atoms with E-state index in [-0.39, 0.29) is 12.2 Å². The van der Waals surface area contributed by atoms with Gasteiger partial charge in [0.05, 0.1) is 0 Å². The van der Waals surface area contributed by atoms with Gasteiger partial charge in [-0.2, -0.15) is 0 Å². The van der Waals surface area contributed by atoms with E-state index in [1.165, 1.54) is 5.94 Å². The molecule has 0 radical (unpaired) electrons. The lowest BCUT2D eigenvalue weighted by Gasteiger charge is -1.79. The van der Waals surface area contributed by atoms with Crippen LogP contribution in [-0.2, 0) is 4.79 Å². The van der Waals surface area contributed by atoms with Crippen LogP contribution in [0, 0.1) is 0 Å². The molecule has 0 aromatic heterocycles.